The molecule has 0 saturated carbocycles. The van der Waals surface area contributed by atoms with E-state index in [1.807, 2.05) is 24.3 Å². The van der Waals surface area contributed by atoms with E-state index in [0.717, 1.165) is 16.2 Å². The van der Waals surface area contributed by atoms with Crippen LogP contribution in [-0.2, 0) is 31.6 Å². The largest absolute Gasteiger partial charge is 0.395 e. The maximum atomic E-state index is 14.0. The Balaban J connectivity index is 1.83. The van der Waals surface area contributed by atoms with E-state index in [1.54, 1.807) is 6.92 Å². The number of aliphatic hydroxyl groups excluding tert-OH is 1. The molecule has 2 aromatic carbocycles. The average molecular weight is 645 g/mol. The van der Waals surface area contributed by atoms with Crippen LogP contribution in [-0.4, -0.2) is 54.1 Å². The number of nitrogens with one attached hydrogen (secondary N) is 2. The number of nitrogens with zero attached hydrogens (tertiary/aromatic N) is 3. The second-order valence-corrected chi connectivity index (χ2v) is 12.4. The molecule has 0 spiro atoms. The second kappa shape index (κ2) is 10.9. The molecule has 38 heavy (non-hydrogen) atoms. The van der Waals surface area contributed by atoms with Gasteiger partial charge in [0.25, 0.3) is 15.9 Å². The molecule has 1 aromatic heterocycles. The van der Waals surface area contributed by atoms with Gasteiger partial charge in [-0.05, 0) is 49.7 Å². The van der Waals surface area contributed by atoms with Gasteiger partial charge in [-0.25, -0.2) is 18.3 Å². The van der Waals surface area contributed by atoms with Gasteiger partial charge in [0.2, 0.25) is 11.9 Å². The first-order valence-electron chi connectivity index (χ1n) is 11.4. The molecule has 202 valence electrons. The minimum atomic E-state index is -4.34. The molecular weight excluding hydrogens is 621 g/mol. The quantitative estimate of drug-likeness (QED) is 0.327. The summed E-state index contributed by atoms with van der Waals surface area (Å²) in [5.41, 5.74) is -0.309. The lowest BCUT2D eigenvalue weighted by atomic mass is 9.92. The van der Waals surface area contributed by atoms with E-state index in [1.165, 1.54) is 34.6 Å². The monoisotopic (exact) mass is 643 g/mol. The van der Waals surface area contributed by atoms with Crippen LogP contribution in [0.25, 0.3) is 0 Å². The summed E-state index contributed by atoms with van der Waals surface area (Å²) in [6.45, 7) is 2.69. The third kappa shape index (κ3) is 5.47. The summed E-state index contributed by atoms with van der Waals surface area (Å²) >= 11 is 15.8. The van der Waals surface area contributed by atoms with Gasteiger partial charge in [0.1, 0.15) is 5.54 Å². The highest BCUT2D eigenvalue weighted by atomic mass is 79.9. The van der Waals surface area contributed by atoms with Crippen LogP contribution in [0.2, 0.25) is 10.0 Å². The van der Waals surface area contributed by atoms with Crippen LogP contribution in [0.4, 0.5) is 11.6 Å². The number of halogens is 3. The van der Waals surface area contributed by atoms with Crippen molar-refractivity contribution in [3.63, 3.8) is 0 Å². The lowest BCUT2D eigenvalue weighted by Crippen LogP contribution is -2.47. The highest BCUT2D eigenvalue weighted by Crippen LogP contribution is 2.44. The van der Waals surface area contributed by atoms with Crippen molar-refractivity contribution in [2.75, 3.05) is 18.1 Å². The fraction of sp³-hybridized carbons (Fsp3) is 0.292. The van der Waals surface area contributed by atoms with Crippen LogP contribution >= 0.6 is 39.1 Å². The van der Waals surface area contributed by atoms with Crippen LogP contribution in [0, 0.1) is 0 Å². The Kier molecular flexibility index (Phi) is 8.22. The topological polar surface area (TPSA) is 134 Å². The zero-order chi connectivity index (χ0) is 27.8. The summed E-state index contributed by atoms with van der Waals surface area (Å²) in [6.07, 6.45) is 1.28. The number of carbonyl (C=O) groups is 2. The van der Waals surface area contributed by atoms with Crippen molar-refractivity contribution in [1.82, 2.24) is 19.6 Å². The van der Waals surface area contributed by atoms with Crippen LogP contribution in [0.3, 0.4) is 0 Å². The van der Waals surface area contributed by atoms with E-state index in [4.69, 9.17) is 28.3 Å². The molecule has 3 aromatic rings. The number of anilines is 2. The molecule has 3 N–H and O–H groups in total. The molecule has 0 radical (unpaired) electrons. The molecule has 2 amide bonds. The number of carbonyl (C=O) groups excluding carboxylic acids is 2. The summed E-state index contributed by atoms with van der Waals surface area (Å²) in [7, 11) is -4.34. The predicted molar refractivity (Wildman–Crippen MR) is 147 cm³/mol. The Morgan fingerprint density at radius 1 is 1.18 bits per heavy atom. The number of sulfonamides is 1. The highest BCUT2D eigenvalue weighted by molar-refractivity contribution is 9.10. The van der Waals surface area contributed by atoms with Crippen molar-refractivity contribution in [3.05, 3.63) is 68.7 Å². The van der Waals surface area contributed by atoms with E-state index in [-0.39, 0.29) is 40.6 Å². The Morgan fingerprint density at radius 2 is 1.82 bits per heavy atom. The number of rotatable bonds is 9. The lowest BCUT2D eigenvalue weighted by Gasteiger charge is -2.27. The molecule has 14 heteroatoms. The van der Waals surface area contributed by atoms with Gasteiger partial charge in [-0.3, -0.25) is 14.2 Å². The maximum absolute atomic E-state index is 14.0. The van der Waals surface area contributed by atoms with Crippen molar-refractivity contribution < 1.29 is 23.1 Å². The van der Waals surface area contributed by atoms with Gasteiger partial charge < -0.3 is 10.4 Å². The second-order valence-electron chi connectivity index (χ2n) is 8.93. The van der Waals surface area contributed by atoms with Crippen LogP contribution < -0.4 is 14.9 Å². The molecule has 1 aliphatic rings. The molecule has 2 unspecified atom stereocenters. The predicted octanol–water partition coefficient (Wildman–Crippen LogP) is 3.36. The van der Waals surface area contributed by atoms with Crippen molar-refractivity contribution in [2.45, 2.75) is 36.9 Å². The van der Waals surface area contributed by atoms with Crippen molar-refractivity contribution in [2.24, 2.45) is 0 Å². The molecule has 2 atom stereocenters. The fourth-order valence-electron chi connectivity index (χ4n) is 4.30. The Labute approximate surface area is 238 Å². The minimum Gasteiger partial charge on any atom is -0.395 e. The first-order chi connectivity index (χ1) is 17.9. The number of benzene rings is 2. The molecule has 4 rings (SSSR count). The van der Waals surface area contributed by atoms with E-state index in [0.29, 0.717) is 5.69 Å². The number of aliphatic hydroxyl groups is 1. The summed E-state index contributed by atoms with van der Waals surface area (Å²) in [6, 6.07) is 10.8. The summed E-state index contributed by atoms with van der Waals surface area (Å²) in [4.78, 5) is 31.9. The van der Waals surface area contributed by atoms with Gasteiger partial charge in [0, 0.05) is 27.5 Å². The molecule has 0 bridgehead atoms. The van der Waals surface area contributed by atoms with Crippen LogP contribution in [0.15, 0.2) is 58.2 Å². The third-order valence-electron chi connectivity index (χ3n) is 6.05. The summed E-state index contributed by atoms with van der Waals surface area (Å²) < 4.78 is 31.5. The first-order valence-corrected chi connectivity index (χ1v) is 14.4. The zero-order valence-electron chi connectivity index (χ0n) is 20.3. The van der Waals surface area contributed by atoms with Crippen LogP contribution in [0.5, 0.6) is 0 Å². The number of fused-ring (bicyclic) bond motifs is 1. The molecule has 0 fully saturated rings. The lowest BCUT2D eigenvalue weighted by molar-refractivity contribution is -0.124. The van der Waals surface area contributed by atoms with E-state index in [2.05, 4.69) is 31.0 Å². The number of amides is 2. The van der Waals surface area contributed by atoms with Gasteiger partial charge in [-0.2, -0.15) is 4.72 Å². The maximum Gasteiger partial charge on any atom is 0.260 e. The van der Waals surface area contributed by atoms with E-state index < -0.39 is 33.4 Å². The fourth-order valence-corrected chi connectivity index (χ4v) is 6.49. The zero-order valence-corrected chi connectivity index (χ0v) is 24.2. The van der Waals surface area contributed by atoms with Crippen LogP contribution in [0.1, 0.15) is 19.4 Å². The summed E-state index contributed by atoms with van der Waals surface area (Å²) in [5, 5.41) is 11.6. The SMILES string of the molecule is CC(NS(=O)(=O)c1cnc2n1C(C)(Cc1ccc(Br)cc1)C(=O)N2c1cc(Cl)cc(Cl)c1)C(=O)NCCO. The smallest absolute Gasteiger partial charge is 0.260 e. The Bertz CT molecular complexity index is 1480. The van der Waals surface area contributed by atoms with Crippen molar-refractivity contribution in [1.29, 1.82) is 0 Å². The third-order valence-corrected chi connectivity index (χ3v) is 8.51. The molecule has 0 aliphatic carbocycles. The van der Waals surface area contributed by atoms with Gasteiger partial charge in [-0.15, -0.1) is 0 Å². The standard InChI is InChI=1S/C24H24BrCl2N5O5S/c1-14(21(34)28-7-8-33)30-38(36,37)20-13-29-23-31(19-10-17(26)9-18(27)11-19)22(35)24(2,32(20)23)12-15-3-5-16(25)6-4-15/h3-6,9-11,13-14,30,33H,7-8,12H2,1-2H3,(H,28,34). The molecule has 2 heterocycles. The van der Waals surface area contributed by atoms with Gasteiger partial charge in [-0.1, -0.05) is 51.3 Å². The molecular formula is C24H24BrCl2N5O5S. The molecule has 10 nitrogen and oxygen atoms in total. The van der Waals surface area contributed by atoms with Gasteiger partial charge >= 0.3 is 0 Å². The van der Waals surface area contributed by atoms with Gasteiger partial charge in [0.05, 0.1) is 24.5 Å². The van der Waals surface area contributed by atoms with E-state index >= 15 is 0 Å². The summed E-state index contributed by atoms with van der Waals surface area (Å²) in [5.74, 6) is -0.995. The number of hydrogen-bond donors (Lipinski definition) is 3. The highest BCUT2D eigenvalue weighted by Gasteiger charge is 2.52. The Morgan fingerprint density at radius 3 is 2.42 bits per heavy atom. The molecule has 1 aliphatic heterocycles. The first kappa shape index (κ1) is 28.5. The van der Waals surface area contributed by atoms with Crippen molar-refractivity contribution >= 4 is 72.6 Å². The molecule has 0 saturated heterocycles. The number of imidazole rings is 1. The normalized spacial score (nSPS) is 17.9. The minimum absolute atomic E-state index is 0.0239. The van der Waals surface area contributed by atoms with Crippen molar-refractivity contribution in [3.8, 4) is 0 Å². The van der Waals surface area contributed by atoms with Gasteiger partial charge in [0.15, 0.2) is 5.03 Å². The average Bonchev–Trinajstić information content (AvgIpc) is 3.37. The number of aromatic nitrogens is 2. The van der Waals surface area contributed by atoms with E-state index in [9.17, 15) is 18.0 Å². The Hall–Kier alpha value is -2.48. The number of hydrogen-bond acceptors (Lipinski definition) is 6.